The van der Waals surface area contributed by atoms with E-state index < -0.39 is 0 Å². The Balaban J connectivity index is 1.91. The highest BCUT2D eigenvalue weighted by atomic mass is 16.1. The zero-order valence-electron chi connectivity index (χ0n) is 9.05. The van der Waals surface area contributed by atoms with Gasteiger partial charge in [-0.25, -0.2) is 9.50 Å². The Hall–Kier alpha value is -1.98. The highest BCUT2D eigenvalue weighted by Crippen LogP contribution is 2.01. The van der Waals surface area contributed by atoms with Gasteiger partial charge in [0, 0.05) is 25.9 Å². The van der Waals surface area contributed by atoms with Crippen molar-refractivity contribution in [3.05, 3.63) is 24.3 Å². The van der Waals surface area contributed by atoms with Gasteiger partial charge in [-0.05, 0) is 18.4 Å². The molecule has 0 fully saturated rings. The van der Waals surface area contributed by atoms with Gasteiger partial charge in [0.2, 0.25) is 5.91 Å². The zero-order chi connectivity index (χ0) is 11.4. The Morgan fingerprint density at radius 1 is 1.50 bits per heavy atom. The second-order valence-electron chi connectivity index (χ2n) is 3.55. The van der Waals surface area contributed by atoms with Gasteiger partial charge in [-0.3, -0.25) is 4.79 Å². The molecule has 0 radical (unpaired) electrons. The first-order valence-corrected chi connectivity index (χ1v) is 5.14. The molecule has 0 aliphatic rings. The van der Waals surface area contributed by atoms with Gasteiger partial charge in [-0.1, -0.05) is 0 Å². The Labute approximate surface area is 92.7 Å². The second kappa shape index (κ2) is 4.69. The summed E-state index contributed by atoms with van der Waals surface area (Å²) in [6.07, 6.45) is 6.93. The van der Waals surface area contributed by atoms with Crippen molar-refractivity contribution in [3.63, 3.8) is 0 Å². The molecule has 2 heterocycles. The van der Waals surface area contributed by atoms with E-state index in [4.69, 9.17) is 0 Å². The van der Waals surface area contributed by atoms with Crippen LogP contribution in [0.3, 0.4) is 0 Å². The van der Waals surface area contributed by atoms with Crippen molar-refractivity contribution in [1.82, 2.24) is 24.9 Å². The molecule has 6 nitrogen and oxygen atoms in total. The summed E-state index contributed by atoms with van der Waals surface area (Å²) < 4.78 is 1.65. The fraction of sp³-hybridized carbons (Fsp3) is 0.400. The van der Waals surface area contributed by atoms with Crippen LogP contribution in [0.15, 0.2) is 18.7 Å². The SMILES string of the molecule is CC(=O)NCCCc1cnc2ncnn2c1. The molecule has 0 atom stereocenters. The highest BCUT2D eigenvalue weighted by Gasteiger charge is 1.99. The normalized spacial score (nSPS) is 10.6. The molecule has 0 saturated carbocycles. The first-order valence-electron chi connectivity index (χ1n) is 5.14. The average Bonchev–Trinajstić information content (AvgIpc) is 2.71. The summed E-state index contributed by atoms with van der Waals surface area (Å²) in [7, 11) is 0. The molecule has 84 valence electrons. The molecule has 6 heteroatoms. The fourth-order valence-electron chi connectivity index (χ4n) is 1.44. The van der Waals surface area contributed by atoms with Crippen molar-refractivity contribution in [2.45, 2.75) is 19.8 Å². The van der Waals surface area contributed by atoms with E-state index in [-0.39, 0.29) is 5.91 Å². The largest absolute Gasteiger partial charge is 0.356 e. The van der Waals surface area contributed by atoms with Crippen LogP contribution in [0.2, 0.25) is 0 Å². The average molecular weight is 219 g/mol. The molecule has 2 aromatic rings. The summed E-state index contributed by atoms with van der Waals surface area (Å²) in [5.74, 6) is 0.607. The summed E-state index contributed by atoms with van der Waals surface area (Å²) in [6, 6.07) is 0. The fourth-order valence-corrected chi connectivity index (χ4v) is 1.44. The molecule has 0 bridgehead atoms. The molecular formula is C10H13N5O. The van der Waals surface area contributed by atoms with Crippen LogP contribution < -0.4 is 5.32 Å². The third-order valence-electron chi connectivity index (χ3n) is 2.20. The third kappa shape index (κ3) is 2.53. The number of hydrogen-bond donors (Lipinski definition) is 1. The smallest absolute Gasteiger partial charge is 0.252 e. The second-order valence-corrected chi connectivity index (χ2v) is 3.55. The van der Waals surface area contributed by atoms with E-state index in [1.54, 1.807) is 10.7 Å². The molecule has 0 spiro atoms. The molecule has 1 N–H and O–H groups in total. The predicted molar refractivity (Wildman–Crippen MR) is 57.8 cm³/mol. The molecular weight excluding hydrogens is 206 g/mol. The molecule has 0 aromatic carbocycles. The quantitative estimate of drug-likeness (QED) is 0.745. The predicted octanol–water partition coefficient (Wildman–Crippen LogP) is 0.193. The number of aromatic nitrogens is 4. The number of hydrogen-bond acceptors (Lipinski definition) is 4. The zero-order valence-corrected chi connectivity index (χ0v) is 9.05. The van der Waals surface area contributed by atoms with Crippen LogP contribution in [0.5, 0.6) is 0 Å². The number of amides is 1. The summed E-state index contributed by atoms with van der Waals surface area (Å²) in [4.78, 5) is 18.8. The summed E-state index contributed by atoms with van der Waals surface area (Å²) in [5, 5.41) is 6.76. The molecule has 2 aromatic heterocycles. The number of fused-ring (bicyclic) bond motifs is 1. The Morgan fingerprint density at radius 3 is 3.19 bits per heavy atom. The van der Waals surface area contributed by atoms with Crippen molar-refractivity contribution in [3.8, 4) is 0 Å². The van der Waals surface area contributed by atoms with Gasteiger partial charge in [0.1, 0.15) is 6.33 Å². The lowest BCUT2D eigenvalue weighted by Gasteiger charge is -2.02. The minimum absolute atomic E-state index is 0.00449. The maximum Gasteiger partial charge on any atom is 0.252 e. The van der Waals surface area contributed by atoms with Crippen LogP contribution in [0.1, 0.15) is 18.9 Å². The van der Waals surface area contributed by atoms with Crippen LogP contribution in [0.25, 0.3) is 5.78 Å². The lowest BCUT2D eigenvalue weighted by Crippen LogP contribution is -2.21. The number of carbonyl (C=O) groups is 1. The summed E-state index contributed by atoms with van der Waals surface area (Å²) in [6.45, 7) is 2.20. The summed E-state index contributed by atoms with van der Waals surface area (Å²) in [5.41, 5.74) is 1.09. The molecule has 16 heavy (non-hydrogen) atoms. The number of aryl methyl sites for hydroxylation is 1. The van der Waals surface area contributed by atoms with Crippen molar-refractivity contribution >= 4 is 11.7 Å². The van der Waals surface area contributed by atoms with Crippen LogP contribution in [-0.4, -0.2) is 32.0 Å². The lowest BCUT2D eigenvalue weighted by molar-refractivity contribution is -0.118. The molecule has 0 saturated heterocycles. The molecule has 0 unspecified atom stereocenters. The summed E-state index contributed by atoms with van der Waals surface area (Å²) >= 11 is 0. The minimum atomic E-state index is 0.00449. The number of rotatable bonds is 4. The van der Waals surface area contributed by atoms with E-state index in [1.807, 2.05) is 6.20 Å². The van der Waals surface area contributed by atoms with Crippen LogP contribution in [0.4, 0.5) is 0 Å². The number of nitrogens with zero attached hydrogens (tertiary/aromatic N) is 4. The van der Waals surface area contributed by atoms with Gasteiger partial charge in [0.05, 0.1) is 0 Å². The topological polar surface area (TPSA) is 72.2 Å². The van der Waals surface area contributed by atoms with E-state index in [1.165, 1.54) is 13.3 Å². The first kappa shape index (κ1) is 10.5. The van der Waals surface area contributed by atoms with E-state index in [9.17, 15) is 4.79 Å². The van der Waals surface area contributed by atoms with Crippen molar-refractivity contribution < 1.29 is 4.79 Å². The van der Waals surface area contributed by atoms with E-state index >= 15 is 0 Å². The number of carbonyl (C=O) groups excluding carboxylic acids is 1. The van der Waals surface area contributed by atoms with E-state index in [2.05, 4.69) is 20.4 Å². The van der Waals surface area contributed by atoms with Gasteiger partial charge < -0.3 is 5.32 Å². The van der Waals surface area contributed by atoms with Crippen LogP contribution >= 0.6 is 0 Å². The number of nitrogens with one attached hydrogen (secondary N) is 1. The lowest BCUT2D eigenvalue weighted by atomic mass is 10.2. The molecule has 1 amide bonds. The van der Waals surface area contributed by atoms with E-state index in [0.29, 0.717) is 12.3 Å². The maximum absolute atomic E-state index is 10.6. The Morgan fingerprint density at radius 2 is 2.38 bits per heavy atom. The van der Waals surface area contributed by atoms with Gasteiger partial charge in [0.15, 0.2) is 0 Å². The van der Waals surface area contributed by atoms with E-state index in [0.717, 1.165) is 18.4 Å². The van der Waals surface area contributed by atoms with Gasteiger partial charge in [-0.2, -0.15) is 10.1 Å². The highest BCUT2D eigenvalue weighted by molar-refractivity contribution is 5.72. The standard InChI is InChI=1S/C10H13N5O/c1-8(16)11-4-2-3-9-5-12-10-13-7-14-15(10)6-9/h5-7H,2-4H2,1H3,(H,11,16). The van der Waals surface area contributed by atoms with Crippen LogP contribution in [0, 0.1) is 0 Å². The van der Waals surface area contributed by atoms with Crippen LogP contribution in [-0.2, 0) is 11.2 Å². The third-order valence-corrected chi connectivity index (χ3v) is 2.20. The molecule has 0 aliphatic carbocycles. The first-order chi connectivity index (χ1) is 7.75. The maximum atomic E-state index is 10.6. The van der Waals surface area contributed by atoms with Gasteiger partial charge >= 0.3 is 0 Å². The van der Waals surface area contributed by atoms with Crippen molar-refractivity contribution in [1.29, 1.82) is 0 Å². The minimum Gasteiger partial charge on any atom is -0.356 e. The Kier molecular flexibility index (Phi) is 3.09. The van der Waals surface area contributed by atoms with Gasteiger partial charge in [-0.15, -0.1) is 0 Å². The van der Waals surface area contributed by atoms with Gasteiger partial charge in [0.25, 0.3) is 5.78 Å². The Bertz CT molecular complexity index is 493. The van der Waals surface area contributed by atoms with Crippen molar-refractivity contribution in [2.75, 3.05) is 6.54 Å². The van der Waals surface area contributed by atoms with Crippen molar-refractivity contribution in [2.24, 2.45) is 0 Å². The monoisotopic (exact) mass is 219 g/mol. The molecule has 2 rings (SSSR count). The molecule has 0 aliphatic heterocycles.